The van der Waals surface area contributed by atoms with Crippen molar-refractivity contribution in [1.82, 2.24) is 10.3 Å². The number of nitrogens with one attached hydrogen (secondary N) is 1. The van der Waals surface area contributed by atoms with Crippen LogP contribution in [0.4, 0.5) is 0 Å². The van der Waals surface area contributed by atoms with Crippen molar-refractivity contribution in [2.75, 3.05) is 0 Å². The Morgan fingerprint density at radius 3 is 2.80 bits per heavy atom. The number of hydrogen-bond acceptors (Lipinski definition) is 3. The van der Waals surface area contributed by atoms with Crippen LogP contribution < -0.4 is 9.67 Å². The molecular formula is C15H13AsN2O2. The van der Waals surface area contributed by atoms with E-state index >= 15 is 0 Å². The first-order chi connectivity index (χ1) is 9.66. The molecule has 2 heterocycles. The number of carbonyl (C=O) groups is 2. The Labute approximate surface area is 123 Å². The summed E-state index contributed by atoms with van der Waals surface area (Å²) in [4.78, 5) is 27.8. The first-order valence-electron chi connectivity index (χ1n) is 6.30. The fourth-order valence-electron chi connectivity index (χ4n) is 2.26. The maximum atomic E-state index is 11.9. The van der Waals surface area contributed by atoms with Gasteiger partial charge in [0, 0.05) is 0 Å². The van der Waals surface area contributed by atoms with Crippen LogP contribution in [0.1, 0.15) is 32.0 Å². The summed E-state index contributed by atoms with van der Waals surface area (Å²) in [6.07, 6.45) is 1.78. The number of rotatable bonds is 3. The van der Waals surface area contributed by atoms with Gasteiger partial charge in [-0.1, -0.05) is 0 Å². The van der Waals surface area contributed by atoms with Gasteiger partial charge in [-0.15, -0.1) is 0 Å². The average molecular weight is 328 g/mol. The van der Waals surface area contributed by atoms with Gasteiger partial charge < -0.3 is 0 Å². The van der Waals surface area contributed by atoms with E-state index < -0.39 is 15.8 Å². The van der Waals surface area contributed by atoms with Gasteiger partial charge in [-0.2, -0.15) is 0 Å². The predicted molar refractivity (Wildman–Crippen MR) is 77.7 cm³/mol. The Hall–Kier alpha value is -1.93. The molecule has 0 aliphatic carbocycles. The van der Waals surface area contributed by atoms with Crippen LogP contribution in [-0.2, 0) is 5.21 Å². The number of benzene rings is 1. The zero-order valence-corrected chi connectivity index (χ0v) is 13.0. The second-order valence-electron chi connectivity index (χ2n) is 4.61. The Kier molecular flexibility index (Phi) is 3.41. The number of carbonyl (C=O) groups excluding carboxylic acids is 2. The molecule has 1 N–H and O–H groups in total. The van der Waals surface area contributed by atoms with Crippen LogP contribution >= 0.6 is 0 Å². The van der Waals surface area contributed by atoms with Crippen molar-refractivity contribution in [3.8, 4) is 0 Å². The van der Waals surface area contributed by atoms with Gasteiger partial charge in [-0.05, 0) is 0 Å². The predicted octanol–water partition coefficient (Wildman–Crippen LogP) is 0.536. The molecule has 0 radical (unpaired) electrons. The molecule has 0 saturated heterocycles. The zero-order chi connectivity index (χ0) is 14.1. The maximum absolute atomic E-state index is 11.9. The topological polar surface area (TPSA) is 59.1 Å². The van der Waals surface area contributed by atoms with Gasteiger partial charge in [0.15, 0.2) is 0 Å². The minimum atomic E-state index is -0.522. The van der Waals surface area contributed by atoms with E-state index in [0.717, 1.165) is 15.3 Å². The van der Waals surface area contributed by atoms with Crippen molar-refractivity contribution in [3.05, 3.63) is 58.9 Å². The van der Waals surface area contributed by atoms with Gasteiger partial charge in [-0.25, -0.2) is 0 Å². The molecule has 0 spiro atoms. The number of imide groups is 1. The molecule has 1 aliphatic heterocycles. The summed E-state index contributed by atoms with van der Waals surface area (Å²) in [7, 11) is 0. The number of hydrogen-bond donors (Lipinski definition) is 1. The van der Waals surface area contributed by atoms with E-state index in [0.29, 0.717) is 11.1 Å². The first-order valence-corrected chi connectivity index (χ1v) is 8.83. The first kappa shape index (κ1) is 13.1. The molecule has 1 unspecified atom stereocenters. The number of nitrogens with zero attached hydrogens (tertiary/aromatic N) is 1. The summed E-state index contributed by atoms with van der Waals surface area (Å²) in [6.45, 7) is 1.99. The van der Waals surface area contributed by atoms with Crippen LogP contribution in [0.2, 0.25) is 0 Å². The van der Waals surface area contributed by atoms with Crippen molar-refractivity contribution in [1.29, 1.82) is 0 Å². The third-order valence-corrected chi connectivity index (χ3v) is 6.19. The molecule has 1 aromatic heterocycles. The third-order valence-electron chi connectivity index (χ3n) is 3.35. The van der Waals surface area contributed by atoms with Crippen LogP contribution in [-0.4, -0.2) is 32.6 Å². The molecule has 1 aromatic carbocycles. The van der Waals surface area contributed by atoms with E-state index in [-0.39, 0.29) is 11.8 Å². The Morgan fingerprint density at radius 2 is 2.00 bits per heavy atom. The Bertz CT molecular complexity index is 713. The van der Waals surface area contributed by atoms with Crippen LogP contribution in [0.5, 0.6) is 0 Å². The van der Waals surface area contributed by atoms with E-state index in [9.17, 15) is 9.59 Å². The molecule has 0 fully saturated rings. The molecule has 1 atom stereocenters. The van der Waals surface area contributed by atoms with Gasteiger partial charge in [0.2, 0.25) is 0 Å². The molecule has 4 nitrogen and oxygen atoms in total. The fraction of sp³-hybridized carbons (Fsp3) is 0.133. The summed E-state index contributed by atoms with van der Waals surface area (Å²) in [5.41, 5.74) is 3.34. The van der Waals surface area contributed by atoms with E-state index in [2.05, 4.69) is 16.4 Å². The van der Waals surface area contributed by atoms with Crippen molar-refractivity contribution in [2.24, 2.45) is 0 Å². The summed E-state index contributed by atoms with van der Waals surface area (Å²) in [5.74, 6) is -0.539. The number of aryl methyl sites for hydroxylation is 1. The quantitative estimate of drug-likeness (QED) is 0.661. The monoisotopic (exact) mass is 328 g/mol. The van der Waals surface area contributed by atoms with Crippen molar-refractivity contribution in [2.45, 2.75) is 12.1 Å². The van der Waals surface area contributed by atoms with E-state index in [1.807, 2.05) is 25.1 Å². The second-order valence-corrected chi connectivity index (χ2v) is 7.23. The van der Waals surface area contributed by atoms with Gasteiger partial charge in [0.1, 0.15) is 0 Å². The molecule has 0 bridgehead atoms. The van der Waals surface area contributed by atoms with Crippen LogP contribution in [0, 0.1) is 6.92 Å². The molecule has 100 valence electrons. The van der Waals surface area contributed by atoms with E-state index in [4.69, 9.17) is 0 Å². The summed E-state index contributed by atoms with van der Waals surface area (Å²) in [6, 6.07) is 9.52. The Morgan fingerprint density at radius 1 is 1.15 bits per heavy atom. The summed E-state index contributed by atoms with van der Waals surface area (Å²) in [5, 5.41) is 3.29. The fourth-order valence-corrected chi connectivity index (χ4v) is 5.19. The van der Waals surface area contributed by atoms with Gasteiger partial charge in [-0.3, -0.25) is 0 Å². The standard InChI is InChI=1S/C15H13AsN2O2/c1-9-10(4-3-7-17-9)8-16-12-6-2-5-11-13(12)15(20)18-14(11)19/h2-7,16H,8H2,1H3,(H,18,19,20). The molecule has 2 aromatic rings. The molecule has 5 heteroatoms. The second kappa shape index (κ2) is 5.22. The van der Waals surface area contributed by atoms with Crippen LogP contribution in [0.25, 0.3) is 0 Å². The van der Waals surface area contributed by atoms with Crippen LogP contribution in [0.15, 0.2) is 36.5 Å². The molecule has 0 saturated carbocycles. The molecule has 20 heavy (non-hydrogen) atoms. The van der Waals surface area contributed by atoms with Gasteiger partial charge >= 0.3 is 123 Å². The number of amides is 2. The minimum absolute atomic E-state index is 0.257. The molecule has 1 aliphatic rings. The van der Waals surface area contributed by atoms with Gasteiger partial charge in [0.05, 0.1) is 0 Å². The normalized spacial score (nSPS) is 13.8. The van der Waals surface area contributed by atoms with Crippen molar-refractivity contribution >= 4 is 31.9 Å². The number of fused-ring (bicyclic) bond motifs is 1. The number of aromatic nitrogens is 1. The van der Waals surface area contributed by atoms with E-state index in [1.54, 1.807) is 12.3 Å². The van der Waals surface area contributed by atoms with Crippen molar-refractivity contribution < 1.29 is 9.59 Å². The third kappa shape index (κ3) is 2.27. The molecular weight excluding hydrogens is 315 g/mol. The number of pyridine rings is 1. The molecule has 3 rings (SSSR count). The Balaban J connectivity index is 1.88. The SMILES string of the molecule is Cc1ncccc1C[AsH]c1cccc2c1C(=O)NC2=O. The van der Waals surface area contributed by atoms with Crippen LogP contribution in [0.3, 0.4) is 0 Å². The summed E-state index contributed by atoms with van der Waals surface area (Å²) >= 11 is -0.522. The summed E-state index contributed by atoms with van der Waals surface area (Å²) < 4.78 is 1.04. The van der Waals surface area contributed by atoms with Gasteiger partial charge in [0.25, 0.3) is 0 Å². The van der Waals surface area contributed by atoms with Crippen molar-refractivity contribution in [3.63, 3.8) is 0 Å². The zero-order valence-electron chi connectivity index (χ0n) is 10.9. The van der Waals surface area contributed by atoms with E-state index in [1.165, 1.54) is 5.56 Å². The molecule has 2 amide bonds. The average Bonchev–Trinajstić information content (AvgIpc) is 2.74.